The molecule has 0 aliphatic heterocycles. The zero-order valence-electron chi connectivity index (χ0n) is 17.9. The Bertz CT molecular complexity index is 1170. The Hall–Kier alpha value is -3.45. The van der Waals surface area contributed by atoms with E-state index in [0.29, 0.717) is 16.8 Å². The quantitative estimate of drug-likeness (QED) is 0.401. The van der Waals surface area contributed by atoms with Crippen LogP contribution in [0, 0.1) is 0 Å². The number of amides is 1. The van der Waals surface area contributed by atoms with E-state index in [1.54, 1.807) is 11.6 Å². The number of thiazole rings is 1. The second kappa shape index (κ2) is 8.35. The van der Waals surface area contributed by atoms with Gasteiger partial charge in [-0.2, -0.15) is 0 Å². The Morgan fingerprint density at radius 3 is 2.26 bits per heavy atom. The summed E-state index contributed by atoms with van der Waals surface area (Å²) in [4.78, 5) is 21.7. The summed E-state index contributed by atoms with van der Waals surface area (Å²) in [5.41, 5.74) is 4.04. The van der Waals surface area contributed by atoms with Gasteiger partial charge >= 0.3 is 0 Å². The summed E-state index contributed by atoms with van der Waals surface area (Å²) in [5.74, 6) is 0.466. The summed E-state index contributed by atoms with van der Waals surface area (Å²) >= 11 is 1.35. The van der Waals surface area contributed by atoms with E-state index in [1.165, 1.54) is 16.9 Å². The number of carbonyl (C=O) groups excluding carboxylic acids is 1. The molecular weight excluding hydrogens is 408 g/mol. The lowest BCUT2D eigenvalue weighted by Gasteiger charge is -2.18. The van der Waals surface area contributed by atoms with Gasteiger partial charge in [-0.05, 0) is 47.4 Å². The molecule has 158 valence electrons. The van der Waals surface area contributed by atoms with Gasteiger partial charge in [0.25, 0.3) is 5.91 Å². The summed E-state index contributed by atoms with van der Waals surface area (Å²) in [7, 11) is 1.86. The molecular formula is C24H24N4O2S. The molecule has 4 rings (SSSR count). The van der Waals surface area contributed by atoms with E-state index in [1.807, 2.05) is 43.4 Å². The average molecular weight is 433 g/mol. The SMILES string of the molecule is CNc1ccc(-c2oc(-c3ccc(C(C)(C)C)cc3)nc2C(=O)Nc2nccs2)cc1. The normalized spacial score (nSPS) is 11.4. The molecule has 0 aliphatic carbocycles. The highest BCUT2D eigenvalue weighted by Gasteiger charge is 2.23. The molecule has 0 atom stereocenters. The van der Waals surface area contributed by atoms with Crippen LogP contribution in [0.4, 0.5) is 10.8 Å². The van der Waals surface area contributed by atoms with Crippen LogP contribution < -0.4 is 10.6 Å². The highest BCUT2D eigenvalue weighted by Crippen LogP contribution is 2.32. The van der Waals surface area contributed by atoms with E-state index < -0.39 is 0 Å². The number of aromatic nitrogens is 2. The van der Waals surface area contributed by atoms with Gasteiger partial charge in [-0.25, -0.2) is 9.97 Å². The first kappa shape index (κ1) is 20.8. The fourth-order valence-electron chi connectivity index (χ4n) is 3.14. The largest absolute Gasteiger partial charge is 0.435 e. The number of benzene rings is 2. The summed E-state index contributed by atoms with van der Waals surface area (Å²) in [6, 6.07) is 15.7. The van der Waals surface area contributed by atoms with Crippen molar-refractivity contribution in [3.05, 3.63) is 71.4 Å². The molecule has 6 nitrogen and oxygen atoms in total. The standard InChI is InChI=1S/C24H24N4O2S/c1-24(2,3)17-9-5-16(6-10-17)22-27-19(21(29)28-23-26-13-14-31-23)20(30-22)15-7-11-18(25-4)12-8-15/h5-14,25H,1-4H3,(H,26,28,29). The molecule has 0 unspecified atom stereocenters. The van der Waals surface area contributed by atoms with E-state index in [9.17, 15) is 4.79 Å². The number of nitrogens with zero attached hydrogens (tertiary/aromatic N) is 2. The van der Waals surface area contributed by atoms with Crippen molar-refractivity contribution in [2.45, 2.75) is 26.2 Å². The summed E-state index contributed by atoms with van der Waals surface area (Å²) < 4.78 is 6.12. The number of carbonyl (C=O) groups is 1. The van der Waals surface area contributed by atoms with Crippen molar-refractivity contribution in [1.29, 1.82) is 0 Å². The molecule has 0 aliphatic rings. The molecule has 0 fully saturated rings. The predicted molar refractivity (Wildman–Crippen MR) is 126 cm³/mol. The Morgan fingerprint density at radius 1 is 1.00 bits per heavy atom. The van der Waals surface area contributed by atoms with Crippen molar-refractivity contribution < 1.29 is 9.21 Å². The van der Waals surface area contributed by atoms with E-state index in [4.69, 9.17) is 4.42 Å². The third kappa shape index (κ3) is 4.51. The second-order valence-electron chi connectivity index (χ2n) is 8.14. The van der Waals surface area contributed by atoms with Gasteiger partial charge in [0.1, 0.15) is 0 Å². The van der Waals surface area contributed by atoms with Crippen LogP contribution in [0.2, 0.25) is 0 Å². The monoisotopic (exact) mass is 432 g/mol. The van der Waals surface area contributed by atoms with Crippen molar-refractivity contribution in [2.75, 3.05) is 17.7 Å². The predicted octanol–water partition coefficient (Wildman–Crippen LogP) is 6.06. The zero-order valence-corrected chi connectivity index (χ0v) is 18.7. The highest BCUT2D eigenvalue weighted by molar-refractivity contribution is 7.13. The number of hydrogen-bond donors (Lipinski definition) is 2. The van der Waals surface area contributed by atoms with E-state index in [0.717, 1.165) is 16.8 Å². The van der Waals surface area contributed by atoms with Gasteiger partial charge < -0.3 is 9.73 Å². The fourth-order valence-corrected chi connectivity index (χ4v) is 3.66. The van der Waals surface area contributed by atoms with Gasteiger partial charge in [-0.1, -0.05) is 32.9 Å². The van der Waals surface area contributed by atoms with Crippen molar-refractivity contribution >= 4 is 28.1 Å². The third-order valence-electron chi connectivity index (χ3n) is 4.93. The lowest BCUT2D eigenvalue weighted by Crippen LogP contribution is -2.13. The van der Waals surface area contributed by atoms with E-state index in [-0.39, 0.29) is 17.0 Å². The number of anilines is 2. The van der Waals surface area contributed by atoms with E-state index >= 15 is 0 Å². The van der Waals surface area contributed by atoms with Crippen molar-refractivity contribution in [3.63, 3.8) is 0 Å². The minimum Gasteiger partial charge on any atom is -0.435 e. The van der Waals surface area contributed by atoms with Crippen LogP contribution in [0.5, 0.6) is 0 Å². The molecule has 0 radical (unpaired) electrons. The van der Waals surface area contributed by atoms with Crippen LogP contribution in [0.15, 0.2) is 64.5 Å². The highest BCUT2D eigenvalue weighted by atomic mass is 32.1. The van der Waals surface area contributed by atoms with Gasteiger partial charge in [0.05, 0.1) is 0 Å². The zero-order chi connectivity index (χ0) is 22.0. The fraction of sp³-hybridized carbons (Fsp3) is 0.208. The molecule has 0 spiro atoms. The maximum absolute atomic E-state index is 13.0. The van der Waals surface area contributed by atoms with Crippen LogP contribution in [0.3, 0.4) is 0 Å². The van der Waals surface area contributed by atoms with Crippen LogP contribution in [0.25, 0.3) is 22.8 Å². The Morgan fingerprint density at radius 2 is 1.68 bits per heavy atom. The van der Waals surface area contributed by atoms with Gasteiger partial charge in [-0.15, -0.1) is 11.3 Å². The average Bonchev–Trinajstić information content (AvgIpc) is 3.43. The van der Waals surface area contributed by atoms with Crippen LogP contribution in [0.1, 0.15) is 36.8 Å². The van der Waals surface area contributed by atoms with Gasteiger partial charge in [0.15, 0.2) is 16.6 Å². The summed E-state index contributed by atoms with van der Waals surface area (Å²) in [6.45, 7) is 6.50. The third-order valence-corrected chi connectivity index (χ3v) is 5.62. The molecule has 2 aromatic carbocycles. The lowest BCUT2D eigenvalue weighted by atomic mass is 9.87. The molecule has 2 N–H and O–H groups in total. The van der Waals surface area contributed by atoms with Crippen LogP contribution in [-0.2, 0) is 5.41 Å². The molecule has 31 heavy (non-hydrogen) atoms. The molecule has 2 heterocycles. The minimum atomic E-state index is -0.357. The molecule has 4 aromatic rings. The lowest BCUT2D eigenvalue weighted by molar-refractivity contribution is 0.102. The molecule has 0 saturated carbocycles. The molecule has 7 heteroatoms. The first-order chi connectivity index (χ1) is 14.8. The summed E-state index contributed by atoms with van der Waals surface area (Å²) in [5, 5.41) is 8.21. The Balaban J connectivity index is 1.74. The van der Waals surface area contributed by atoms with E-state index in [2.05, 4.69) is 53.5 Å². The van der Waals surface area contributed by atoms with Gasteiger partial charge in [0, 0.05) is 35.4 Å². The molecule has 0 saturated heterocycles. The molecule has 0 bridgehead atoms. The number of hydrogen-bond acceptors (Lipinski definition) is 6. The van der Waals surface area contributed by atoms with Gasteiger partial charge in [-0.3, -0.25) is 10.1 Å². The van der Waals surface area contributed by atoms with Gasteiger partial charge in [0.2, 0.25) is 5.89 Å². The first-order valence-corrected chi connectivity index (χ1v) is 10.8. The smallest absolute Gasteiger partial charge is 0.280 e. The van der Waals surface area contributed by atoms with Crippen molar-refractivity contribution in [1.82, 2.24) is 9.97 Å². The Kier molecular flexibility index (Phi) is 5.61. The van der Waals surface area contributed by atoms with Crippen molar-refractivity contribution in [2.24, 2.45) is 0 Å². The topological polar surface area (TPSA) is 80.0 Å². The molecule has 2 aromatic heterocycles. The van der Waals surface area contributed by atoms with Crippen molar-refractivity contribution in [3.8, 4) is 22.8 Å². The van der Waals surface area contributed by atoms with Crippen LogP contribution >= 0.6 is 11.3 Å². The number of oxazole rings is 1. The maximum atomic E-state index is 13.0. The Labute approximate surface area is 185 Å². The number of rotatable bonds is 5. The minimum absolute atomic E-state index is 0.0497. The maximum Gasteiger partial charge on any atom is 0.280 e. The molecule has 1 amide bonds. The number of nitrogens with one attached hydrogen (secondary N) is 2. The van der Waals surface area contributed by atoms with Crippen LogP contribution in [-0.4, -0.2) is 22.9 Å². The first-order valence-electron chi connectivity index (χ1n) is 9.96. The second-order valence-corrected chi connectivity index (χ2v) is 9.04. The summed E-state index contributed by atoms with van der Waals surface area (Å²) in [6.07, 6.45) is 1.64.